The maximum atomic E-state index is 13.2. The van der Waals surface area contributed by atoms with E-state index in [1.807, 2.05) is 64.1 Å². The van der Waals surface area contributed by atoms with Gasteiger partial charge in [0.2, 0.25) is 11.8 Å². The van der Waals surface area contributed by atoms with E-state index in [9.17, 15) is 9.59 Å². The topological polar surface area (TPSA) is 49.4 Å². The number of hydrogen-bond acceptors (Lipinski definition) is 3. The molecule has 2 rings (SSSR count). The van der Waals surface area contributed by atoms with Crippen LogP contribution >= 0.6 is 35.0 Å². The number of nitrogens with one attached hydrogen (secondary N) is 1. The lowest BCUT2D eigenvalue weighted by molar-refractivity contribution is -0.140. The van der Waals surface area contributed by atoms with E-state index in [2.05, 4.69) is 5.32 Å². The van der Waals surface area contributed by atoms with Crippen molar-refractivity contribution in [3.8, 4) is 0 Å². The van der Waals surface area contributed by atoms with Crippen molar-refractivity contribution in [2.24, 2.45) is 0 Å². The third-order valence-corrected chi connectivity index (χ3v) is 6.06. The number of benzene rings is 2. The molecule has 0 aliphatic carbocycles. The molecule has 0 fully saturated rings. The molecule has 0 heterocycles. The minimum Gasteiger partial charge on any atom is -0.350 e. The van der Waals surface area contributed by atoms with E-state index in [1.54, 1.807) is 17.0 Å². The van der Waals surface area contributed by atoms with Gasteiger partial charge in [-0.2, -0.15) is 0 Å². The molecule has 0 radical (unpaired) electrons. The summed E-state index contributed by atoms with van der Waals surface area (Å²) in [6, 6.07) is 14.4. The fraction of sp³-hybridized carbons (Fsp3) is 0.391. The molecule has 2 aromatic carbocycles. The number of halogens is 2. The van der Waals surface area contributed by atoms with Crippen LogP contribution in [-0.2, 0) is 16.1 Å². The summed E-state index contributed by atoms with van der Waals surface area (Å²) in [6.45, 7) is 7.96. The highest BCUT2D eigenvalue weighted by molar-refractivity contribution is 8.00. The summed E-state index contributed by atoms with van der Waals surface area (Å²) in [4.78, 5) is 28.8. The van der Waals surface area contributed by atoms with Crippen LogP contribution in [0.4, 0.5) is 0 Å². The van der Waals surface area contributed by atoms with Crippen LogP contribution in [0.2, 0.25) is 10.0 Å². The van der Waals surface area contributed by atoms with Crippen LogP contribution in [0.15, 0.2) is 53.4 Å². The van der Waals surface area contributed by atoms with Crippen LogP contribution in [0.25, 0.3) is 0 Å². The van der Waals surface area contributed by atoms with E-state index in [1.165, 1.54) is 11.8 Å². The molecule has 2 aromatic rings. The number of hydrogen-bond donors (Lipinski definition) is 1. The molecule has 1 N–H and O–H groups in total. The molecule has 2 amide bonds. The lowest BCUT2D eigenvalue weighted by atomic mass is 10.1. The number of amides is 2. The minimum absolute atomic E-state index is 0.106. The Balaban J connectivity index is 2.25. The van der Waals surface area contributed by atoms with E-state index in [4.69, 9.17) is 23.2 Å². The summed E-state index contributed by atoms with van der Waals surface area (Å²) in [6.07, 6.45) is 0.505. The molecule has 0 aliphatic heterocycles. The lowest BCUT2D eigenvalue weighted by Gasteiger charge is -2.33. The van der Waals surface area contributed by atoms with Gasteiger partial charge < -0.3 is 10.2 Å². The Labute approximate surface area is 193 Å². The van der Waals surface area contributed by atoms with Crippen molar-refractivity contribution in [1.82, 2.24) is 10.2 Å². The zero-order valence-corrected chi connectivity index (χ0v) is 20.1. The Morgan fingerprint density at radius 3 is 2.30 bits per heavy atom. The first-order valence-corrected chi connectivity index (χ1v) is 11.6. The molecule has 1 atom stereocenters. The summed E-state index contributed by atoms with van der Waals surface area (Å²) >= 11 is 13.6. The lowest BCUT2D eigenvalue weighted by Crippen LogP contribution is -2.53. The van der Waals surface area contributed by atoms with E-state index >= 15 is 0 Å². The zero-order chi connectivity index (χ0) is 22.3. The highest BCUT2D eigenvalue weighted by atomic mass is 35.5. The molecule has 0 aliphatic rings. The van der Waals surface area contributed by atoms with Crippen molar-refractivity contribution in [2.75, 3.05) is 5.75 Å². The van der Waals surface area contributed by atoms with Crippen molar-refractivity contribution in [3.63, 3.8) is 0 Å². The van der Waals surface area contributed by atoms with Crippen LogP contribution in [0, 0.1) is 0 Å². The van der Waals surface area contributed by atoms with E-state index in [0.29, 0.717) is 16.5 Å². The Morgan fingerprint density at radius 1 is 1.07 bits per heavy atom. The number of carbonyl (C=O) groups is 2. The van der Waals surface area contributed by atoms with Gasteiger partial charge in [-0.25, -0.2) is 0 Å². The van der Waals surface area contributed by atoms with Crippen molar-refractivity contribution in [1.29, 1.82) is 0 Å². The molecule has 4 nitrogen and oxygen atoms in total. The number of thioether (sulfide) groups is 1. The largest absolute Gasteiger partial charge is 0.350 e. The van der Waals surface area contributed by atoms with E-state index in [0.717, 1.165) is 10.5 Å². The summed E-state index contributed by atoms with van der Waals surface area (Å²) in [5.74, 6) is -0.0288. The van der Waals surface area contributed by atoms with E-state index in [-0.39, 0.29) is 29.7 Å². The zero-order valence-electron chi connectivity index (χ0n) is 17.7. The SMILES string of the molecule is CCC(C(=O)NC(C)(C)C)N(Cc1ccc(Cl)c(Cl)c1)C(=O)CSc1ccccc1. The minimum atomic E-state index is -0.581. The molecule has 0 saturated carbocycles. The van der Waals surface area contributed by atoms with Crippen LogP contribution in [-0.4, -0.2) is 34.0 Å². The first kappa shape index (κ1) is 24.6. The highest BCUT2D eigenvalue weighted by Crippen LogP contribution is 2.25. The smallest absolute Gasteiger partial charge is 0.243 e. The van der Waals surface area contributed by atoms with Crippen molar-refractivity contribution in [3.05, 3.63) is 64.1 Å². The Kier molecular flexibility index (Phi) is 9.08. The number of nitrogens with zero attached hydrogens (tertiary/aromatic N) is 1. The van der Waals surface area contributed by atoms with Gasteiger partial charge in [-0.15, -0.1) is 11.8 Å². The molecule has 0 saturated heterocycles. The van der Waals surface area contributed by atoms with Gasteiger partial charge in [-0.1, -0.05) is 54.4 Å². The molecule has 1 unspecified atom stereocenters. The van der Waals surface area contributed by atoms with Crippen molar-refractivity contribution in [2.45, 2.75) is 57.1 Å². The van der Waals surface area contributed by atoms with Gasteiger partial charge in [0.25, 0.3) is 0 Å². The molecular formula is C23H28Cl2N2O2S. The van der Waals surface area contributed by atoms with E-state index < -0.39 is 6.04 Å². The normalized spacial score (nSPS) is 12.3. The van der Waals surface area contributed by atoms with Gasteiger partial charge >= 0.3 is 0 Å². The molecule has 30 heavy (non-hydrogen) atoms. The van der Waals surface area contributed by atoms with Crippen LogP contribution in [0.3, 0.4) is 0 Å². The van der Waals surface area contributed by atoms with Gasteiger partial charge in [0.15, 0.2) is 0 Å². The fourth-order valence-electron chi connectivity index (χ4n) is 2.95. The predicted molar refractivity (Wildman–Crippen MR) is 126 cm³/mol. The van der Waals surface area contributed by atoms with Crippen LogP contribution in [0.5, 0.6) is 0 Å². The molecule has 0 spiro atoms. The third-order valence-electron chi connectivity index (χ3n) is 4.33. The Bertz CT molecular complexity index is 869. The predicted octanol–water partition coefficient (Wildman–Crippen LogP) is 5.81. The summed E-state index contributed by atoms with van der Waals surface area (Å²) in [7, 11) is 0. The number of carbonyl (C=O) groups excluding carboxylic acids is 2. The Hall–Kier alpha value is -1.69. The molecule has 0 bridgehead atoms. The van der Waals surface area contributed by atoms with Gasteiger partial charge in [0.05, 0.1) is 15.8 Å². The standard InChI is InChI=1S/C23H28Cl2N2O2S/c1-5-20(22(29)26-23(2,3)4)27(14-16-11-12-18(24)19(25)13-16)21(28)15-30-17-9-7-6-8-10-17/h6-13,20H,5,14-15H2,1-4H3,(H,26,29). The Morgan fingerprint density at radius 2 is 1.73 bits per heavy atom. The first-order chi connectivity index (χ1) is 14.1. The van der Waals surface area contributed by atoms with Gasteiger partial charge in [0, 0.05) is 17.0 Å². The van der Waals surface area contributed by atoms with Gasteiger partial charge in [-0.3, -0.25) is 9.59 Å². The second-order valence-electron chi connectivity index (χ2n) is 8.04. The maximum absolute atomic E-state index is 13.2. The van der Waals surface area contributed by atoms with Crippen LogP contribution < -0.4 is 5.32 Å². The van der Waals surface area contributed by atoms with Crippen LogP contribution in [0.1, 0.15) is 39.7 Å². The van der Waals surface area contributed by atoms with Gasteiger partial charge in [-0.05, 0) is 57.0 Å². The van der Waals surface area contributed by atoms with Crippen molar-refractivity contribution >= 4 is 46.8 Å². The monoisotopic (exact) mass is 466 g/mol. The second kappa shape index (κ2) is 11.1. The quantitative estimate of drug-likeness (QED) is 0.499. The molecule has 162 valence electrons. The fourth-order valence-corrected chi connectivity index (χ4v) is 4.08. The summed E-state index contributed by atoms with van der Waals surface area (Å²) in [5, 5.41) is 3.88. The third kappa shape index (κ3) is 7.53. The summed E-state index contributed by atoms with van der Waals surface area (Å²) < 4.78 is 0. The average molecular weight is 467 g/mol. The highest BCUT2D eigenvalue weighted by Gasteiger charge is 2.30. The average Bonchev–Trinajstić information content (AvgIpc) is 2.68. The molecular weight excluding hydrogens is 439 g/mol. The second-order valence-corrected chi connectivity index (χ2v) is 9.90. The van der Waals surface area contributed by atoms with Gasteiger partial charge in [0.1, 0.15) is 6.04 Å². The molecule has 7 heteroatoms. The summed E-state index contributed by atoms with van der Waals surface area (Å²) in [5.41, 5.74) is 0.436. The van der Waals surface area contributed by atoms with Crippen molar-refractivity contribution < 1.29 is 9.59 Å². The first-order valence-electron chi connectivity index (χ1n) is 9.84. The number of rotatable bonds is 8. The molecule has 0 aromatic heterocycles. The maximum Gasteiger partial charge on any atom is 0.243 e.